The van der Waals surface area contributed by atoms with Crippen molar-refractivity contribution < 1.29 is 9.60 Å². The second-order valence-electron chi connectivity index (χ2n) is 2.62. The van der Waals surface area contributed by atoms with Gasteiger partial charge in [-0.2, -0.15) is 0 Å². The first-order chi connectivity index (χ1) is 6.74. The van der Waals surface area contributed by atoms with Crippen LogP contribution < -0.4 is 5.73 Å². The molecule has 0 heterocycles. The van der Waals surface area contributed by atoms with Gasteiger partial charge in [0.2, 0.25) is 0 Å². The maximum absolute atomic E-state index is 13.1. The highest BCUT2D eigenvalue weighted by Gasteiger charge is 2.01. The topological polar surface area (TPSA) is 58.6 Å². The summed E-state index contributed by atoms with van der Waals surface area (Å²) in [7, 11) is 0. The summed E-state index contributed by atoms with van der Waals surface area (Å²) in [6.45, 7) is 0. The summed E-state index contributed by atoms with van der Waals surface area (Å²) in [6.07, 6.45) is 0.440. The smallest absolute Gasteiger partial charge is 0.139 e. The number of hydrogen-bond acceptors (Lipinski definition) is 3. The minimum absolute atomic E-state index is 0.161. The second-order valence-corrected chi connectivity index (χ2v) is 3.76. The van der Waals surface area contributed by atoms with Crippen LogP contribution in [0.3, 0.4) is 0 Å². The number of hydrogen-bond donors (Lipinski definition) is 2. The van der Waals surface area contributed by atoms with Gasteiger partial charge in [-0.15, -0.1) is 11.8 Å². The summed E-state index contributed by atoms with van der Waals surface area (Å²) in [6, 6.07) is 6.52. The molecule has 0 aliphatic heterocycles. The van der Waals surface area contributed by atoms with Crippen molar-refractivity contribution in [2.24, 2.45) is 10.9 Å². The van der Waals surface area contributed by atoms with Crippen molar-refractivity contribution in [2.75, 3.05) is 5.75 Å². The summed E-state index contributed by atoms with van der Waals surface area (Å²) in [5, 5.41) is 11.1. The van der Waals surface area contributed by atoms with E-state index in [1.54, 1.807) is 18.2 Å². The van der Waals surface area contributed by atoms with Crippen LogP contribution in [0.25, 0.3) is 0 Å². The highest BCUT2D eigenvalue weighted by Crippen LogP contribution is 2.21. The Balaban J connectivity index is 2.43. The highest BCUT2D eigenvalue weighted by atomic mass is 32.2. The van der Waals surface area contributed by atoms with Crippen molar-refractivity contribution >= 4 is 17.6 Å². The summed E-state index contributed by atoms with van der Waals surface area (Å²) in [5.74, 6) is 0.516. The van der Waals surface area contributed by atoms with Gasteiger partial charge in [0.25, 0.3) is 0 Å². The van der Waals surface area contributed by atoms with Crippen LogP contribution in [-0.4, -0.2) is 16.8 Å². The number of nitrogens with two attached hydrogens (primary N) is 1. The Kier molecular flexibility index (Phi) is 4.25. The van der Waals surface area contributed by atoms with E-state index < -0.39 is 0 Å². The van der Waals surface area contributed by atoms with E-state index in [-0.39, 0.29) is 11.7 Å². The fourth-order valence-electron chi connectivity index (χ4n) is 0.877. The first-order valence-corrected chi connectivity index (χ1v) is 5.06. The molecule has 3 nitrogen and oxygen atoms in total. The Morgan fingerprint density at radius 2 is 2.21 bits per heavy atom. The van der Waals surface area contributed by atoms with Crippen molar-refractivity contribution in [3.05, 3.63) is 30.1 Å². The molecule has 0 spiro atoms. The van der Waals surface area contributed by atoms with Gasteiger partial charge in [-0.05, 0) is 12.1 Å². The molecule has 0 fully saturated rings. The average Bonchev–Trinajstić information content (AvgIpc) is 2.20. The van der Waals surface area contributed by atoms with E-state index >= 15 is 0 Å². The van der Waals surface area contributed by atoms with Crippen molar-refractivity contribution in [2.45, 2.75) is 11.3 Å². The van der Waals surface area contributed by atoms with Crippen LogP contribution in [0.15, 0.2) is 34.3 Å². The second kappa shape index (κ2) is 5.49. The Hall–Kier alpha value is -1.23. The minimum atomic E-state index is -0.239. The SMILES string of the molecule is N/C(CCSc1ccccc1F)=N\O. The van der Waals surface area contributed by atoms with Gasteiger partial charge in [-0.25, -0.2) is 4.39 Å². The van der Waals surface area contributed by atoms with Gasteiger partial charge < -0.3 is 10.9 Å². The van der Waals surface area contributed by atoms with Crippen LogP contribution in [0.2, 0.25) is 0 Å². The summed E-state index contributed by atoms with van der Waals surface area (Å²) in [5.41, 5.74) is 5.27. The van der Waals surface area contributed by atoms with Crippen LogP contribution >= 0.6 is 11.8 Å². The average molecular weight is 214 g/mol. The molecule has 0 unspecified atom stereocenters. The fourth-order valence-corrected chi connectivity index (χ4v) is 1.79. The standard InChI is InChI=1S/C9H11FN2OS/c10-7-3-1-2-4-8(7)14-6-5-9(11)12-13/h1-4,13H,5-6H2,(H2,11,12). The zero-order valence-corrected chi connectivity index (χ0v) is 8.30. The van der Waals surface area contributed by atoms with Crippen molar-refractivity contribution in [3.63, 3.8) is 0 Å². The number of amidine groups is 1. The van der Waals surface area contributed by atoms with E-state index in [4.69, 9.17) is 10.9 Å². The van der Waals surface area contributed by atoms with E-state index in [1.807, 2.05) is 0 Å². The third kappa shape index (κ3) is 3.26. The predicted octanol–water partition coefficient (Wildman–Crippen LogP) is 2.05. The van der Waals surface area contributed by atoms with Crippen molar-refractivity contribution in [1.29, 1.82) is 0 Å². The molecule has 14 heavy (non-hydrogen) atoms. The van der Waals surface area contributed by atoms with E-state index in [0.717, 1.165) is 0 Å². The van der Waals surface area contributed by atoms with Crippen LogP contribution in [-0.2, 0) is 0 Å². The zero-order valence-electron chi connectivity index (χ0n) is 7.48. The molecule has 0 aliphatic rings. The van der Waals surface area contributed by atoms with Gasteiger partial charge in [0.05, 0.1) is 0 Å². The number of thioether (sulfide) groups is 1. The largest absolute Gasteiger partial charge is 0.409 e. The first kappa shape index (κ1) is 10.8. The molecule has 0 aliphatic carbocycles. The van der Waals surface area contributed by atoms with E-state index in [0.29, 0.717) is 17.1 Å². The molecule has 1 aromatic carbocycles. The van der Waals surface area contributed by atoms with Gasteiger partial charge in [0.15, 0.2) is 0 Å². The molecule has 0 amide bonds. The molecule has 76 valence electrons. The number of rotatable bonds is 4. The molecule has 0 saturated carbocycles. The molecule has 3 N–H and O–H groups in total. The fraction of sp³-hybridized carbons (Fsp3) is 0.222. The summed E-state index contributed by atoms with van der Waals surface area (Å²) >= 11 is 1.34. The van der Waals surface area contributed by atoms with Gasteiger partial charge in [0.1, 0.15) is 11.7 Å². The van der Waals surface area contributed by atoms with Crippen molar-refractivity contribution in [1.82, 2.24) is 0 Å². The summed E-state index contributed by atoms with van der Waals surface area (Å²) < 4.78 is 13.1. The highest BCUT2D eigenvalue weighted by molar-refractivity contribution is 7.99. The molecule has 0 aromatic heterocycles. The zero-order chi connectivity index (χ0) is 10.4. The van der Waals surface area contributed by atoms with Gasteiger partial charge in [-0.1, -0.05) is 17.3 Å². The summed E-state index contributed by atoms with van der Waals surface area (Å²) in [4.78, 5) is 0.582. The lowest BCUT2D eigenvalue weighted by atomic mass is 10.3. The Labute approximate surface area is 85.8 Å². The predicted molar refractivity (Wildman–Crippen MR) is 55.1 cm³/mol. The van der Waals surface area contributed by atoms with Crippen LogP contribution in [0, 0.1) is 5.82 Å². The molecule has 5 heteroatoms. The monoisotopic (exact) mass is 214 g/mol. The van der Waals surface area contributed by atoms with E-state index in [9.17, 15) is 4.39 Å². The Morgan fingerprint density at radius 3 is 2.86 bits per heavy atom. The molecule has 1 aromatic rings. The number of nitrogens with zero attached hydrogens (tertiary/aromatic N) is 1. The van der Waals surface area contributed by atoms with Gasteiger partial charge in [0, 0.05) is 17.1 Å². The molecule has 0 atom stereocenters. The third-order valence-corrected chi connectivity index (χ3v) is 2.63. The van der Waals surface area contributed by atoms with Crippen LogP contribution in [0.4, 0.5) is 4.39 Å². The lowest BCUT2D eigenvalue weighted by Gasteiger charge is -2.01. The maximum atomic E-state index is 13.1. The van der Waals surface area contributed by atoms with E-state index in [2.05, 4.69) is 5.16 Å². The first-order valence-electron chi connectivity index (χ1n) is 4.07. The molecular weight excluding hydrogens is 203 g/mol. The molecule has 1 rings (SSSR count). The molecular formula is C9H11FN2OS. The lowest BCUT2D eigenvalue weighted by molar-refractivity contribution is 0.317. The molecule has 0 bridgehead atoms. The van der Waals surface area contributed by atoms with Gasteiger partial charge >= 0.3 is 0 Å². The molecule has 0 radical (unpaired) electrons. The number of oxime groups is 1. The molecule has 0 saturated heterocycles. The van der Waals surface area contributed by atoms with Crippen molar-refractivity contribution in [3.8, 4) is 0 Å². The van der Waals surface area contributed by atoms with Crippen LogP contribution in [0.1, 0.15) is 6.42 Å². The number of benzene rings is 1. The minimum Gasteiger partial charge on any atom is -0.409 e. The lowest BCUT2D eigenvalue weighted by Crippen LogP contribution is -2.12. The maximum Gasteiger partial charge on any atom is 0.139 e. The van der Waals surface area contributed by atoms with Gasteiger partial charge in [-0.3, -0.25) is 0 Å². The van der Waals surface area contributed by atoms with E-state index in [1.165, 1.54) is 17.8 Å². The van der Waals surface area contributed by atoms with Crippen LogP contribution in [0.5, 0.6) is 0 Å². The quantitative estimate of drug-likeness (QED) is 0.265. The Bertz CT molecular complexity index is 330. The third-order valence-electron chi connectivity index (χ3n) is 1.58. The number of halogens is 1. The normalized spacial score (nSPS) is 11.6. The Morgan fingerprint density at radius 1 is 1.50 bits per heavy atom.